The molecule has 4 rings (SSSR count). The summed E-state index contributed by atoms with van der Waals surface area (Å²) in [4.78, 5) is 12.2. The lowest BCUT2D eigenvalue weighted by Crippen LogP contribution is -2.19. The van der Waals surface area contributed by atoms with Crippen molar-refractivity contribution in [2.24, 2.45) is 0 Å². The molecule has 0 aliphatic heterocycles. The third-order valence-corrected chi connectivity index (χ3v) is 4.86. The largest absolute Gasteiger partial charge is 0.416 e. The summed E-state index contributed by atoms with van der Waals surface area (Å²) in [5, 5.41) is 12.8. The summed E-state index contributed by atoms with van der Waals surface area (Å²) in [6, 6.07) is 14.7. The number of anilines is 3. The zero-order valence-corrected chi connectivity index (χ0v) is 16.3. The Kier molecular flexibility index (Phi) is 5.02. The number of nitrogens with one attached hydrogen (secondary N) is 3. The number of aromatic nitrogens is 2. The van der Waals surface area contributed by atoms with Crippen LogP contribution >= 0.6 is 0 Å². The van der Waals surface area contributed by atoms with Gasteiger partial charge >= 0.3 is 12.2 Å². The first-order chi connectivity index (χ1) is 14.7. The van der Waals surface area contributed by atoms with Gasteiger partial charge in [0.25, 0.3) is 0 Å². The van der Waals surface area contributed by atoms with Gasteiger partial charge in [0.1, 0.15) is 0 Å². The zero-order valence-electron chi connectivity index (χ0n) is 16.3. The minimum Gasteiger partial charge on any atom is -0.382 e. The minimum atomic E-state index is -4.48. The molecule has 0 fully saturated rings. The molecule has 1 aromatic heterocycles. The lowest BCUT2D eigenvalue weighted by atomic mass is 9.99. The van der Waals surface area contributed by atoms with Gasteiger partial charge in [-0.3, -0.25) is 5.10 Å². The van der Waals surface area contributed by atoms with Gasteiger partial charge in [-0.25, -0.2) is 4.79 Å². The van der Waals surface area contributed by atoms with Gasteiger partial charge in [-0.05, 0) is 53.9 Å². The van der Waals surface area contributed by atoms with Crippen LogP contribution in [0, 0.1) is 6.92 Å². The fourth-order valence-electron chi connectivity index (χ4n) is 3.33. The van der Waals surface area contributed by atoms with Crippen LogP contribution in [0.2, 0.25) is 0 Å². The van der Waals surface area contributed by atoms with Crippen LogP contribution in [0.15, 0.2) is 60.7 Å². The second-order valence-electron chi connectivity index (χ2n) is 7.02. The topological polar surface area (TPSA) is 95.8 Å². The Labute approximate surface area is 175 Å². The number of benzene rings is 3. The molecule has 1 heterocycles. The molecule has 6 nitrogen and oxygen atoms in total. The molecule has 9 heteroatoms. The van der Waals surface area contributed by atoms with Crippen molar-refractivity contribution in [3.63, 3.8) is 0 Å². The molecule has 3 aromatic carbocycles. The van der Waals surface area contributed by atoms with E-state index >= 15 is 0 Å². The number of H-pyrrole nitrogens is 1. The number of halogens is 3. The fraction of sp³-hybridized carbons (Fsp3) is 0.0909. The highest BCUT2D eigenvalue weighted by Gasteiger charge is 2.30. The smallest absolute Gasteiger partial charge is 0.382 e. The molecule has 0 atom stereocenters. The van der Waals surface area contributed by atoms with Crippen LogP contribution in [0.3, 0.4) is 0 Å². The van der Waals surface area contributed by atoms with Crippen molar-refractivity contribution in [1.29, 1.82) is 0 Å². The number of hydrogen-bond acceptors (Lipinski definition) is 3. The molecule has 0 saturated carbocycles. The van der Waals surface area contributed by atoms with Crippen molar-refractivity contribution in [2.45, 2.75) is 13.1 Å². The second-order valence-corrected chi connectivity index (χ2v) is 7.02. The molecular formula is C22H18F3N5O. The Morgan fingerprint density at radius 3 is 2.42 bits per heavy atom. The normalized spacial score (nSPS) is 11.5. The van der Waals surface area contributed by atoms with Crippen LogP contribution in [0.25, 0.3) is 22.0 Å². The third kappa shape index (κ3) is 4.16. The maximum absolute atomic E-state index is 12.8. The quantitative estimate of drug-likeness (QED) is 0.335. The minimum absolute atomic E-state index is 0.0430. The van der Waals surface area contributed by atoms with Crippen LogP contribution in [-0.2, 0) is 6.18 Å². The predicted molar refractivity (Wildman–Crippen MR) is 115 cm³/mol. The first kappa shape index (κ1) is 20.3. The van der Waals surface area contributed by atoms with E-state index in [1.54, 1.807) is 12.1 Å². The molecule has 0 radical (unpaired) electrons. The molecule has 0 spiro atoms. The van der Waals surface area contributed by atoms with Gasteiger partial charge in [0.15, 0.2) is 5.82 Å². The van der Waals surface area contributed by atoms with Crippen molar-refractivity contribution in [3.8, 4) is 11.1 Å². The summed E-state index contributed by atoms with van der Waals surface area (Å²) in [5.41, 5.74) is 9.35. The molecule has 5 N–H and O–H groups in total. The molecule has 0 saturated heterocycles. The average molecular weight is 425 g/mol. The van der Waals surface area contributed by atoms with E-state index in [0.29, 0.717) is 11.5 Å². The van der Waals surface area contributed by atoms with Gasteiger partial charge in [0.05, 0.1) is 16.5 Å². The standard InChI is InChI=1S/C22H18F3N5O/c1-12-5-10-17(18-19(12)29-30-20(18)26)13-6-8-15(9-7-13)27-21(31)28-16-4-2-3-14(11-16)22(23,24)25/h2-11H,1H3,(H3,26,29,30)(H2,27,28,31). The van der Waals surface area contributed by atoms with Crippen LogP contribution in [-0.4, -0.2) is 16.2 Å². The number of aryl methyl sites for hydroxylation is 1. The van der Waals surface area contributed by atoms with Gasteiger partial charge in [-0.1, -0.05) is 30.3 Å². The maximum Gasteiger partial charge on any atom is 0.416 e. The molecule has 0 unspecified atom stereocenters. The van der Waals surface area contributed by atoms with Crippen molar-refractivity contribution in [3.05, 3.63) is 71.8 Å². The van der Waals surface area contributed by atoms with E-state index in [4.69, 9.17) is 5.73 Å². The number of hydrogen-bond donors (Lipinski definition) is 4. The molecule has 2 amide bonds. The van der Waals surface area contributed by atoms with Crippen molar-refractivity contribution < 1.29 is 18.0 Å². The Bertz CT molecular complexity index is 1260. The molecule has 0 bridgehead atoms. The van der Waals surface area contributed by atoms with Gasteiger partial charge < -0.3 is 16.4 Å². The van der Waals surface area contributed by atoms with Crippen LogP contribution in [0.4, 0.5) is 35.2 Å². The number of nitrogens with two attached hydrogens (primary N) is 1. The zero-order chi connectivity index (χ0) is 22.2. The van der Waals surface area contributed by atoms with Gasteiger partial charge in [-0.15, -0.1) is 0 Å². The van der Waals surface area contributed by atoms with E-state index in [1.165, 1.54) is 12.1 Å². The van der Waals surface area contributed by atoms with Crippen molar-refractivity contribution in [2.75, 3.05) is 16.4 Å². The highest BCUT2D eigenvalue weighted by atomic mass is 19.4. The van der Waals surface area contributed by atoms with Crippen LogP contribution in [0.1, 0.15) is 11.1 Å². The monoisotopic (exact) mass is 425 g/mol. The Morgan fingerprint density at radius 2 is 1.71 bits per heavy atom. The number of nitrogens with zero attached hydrogens (tertiary/aromatic N) is 1. The maximum atomic E-state index is 12.8. The first-order valence-corrected chi connectivity index (χ1v) is 9.31. The summed E-state index contributed by atoms with van der Waals surface area (Å²) < 4.78 is 38.4. The Morgan fingerprint density at radius 1 is 1.00 bits per heavy atom. The molecular weight excluding hydrogens is 407 g/mol. The number of urea groups is 1. The third-order valence-electron chi connectivity index (χ3n) is 4.86. The fourth-order valence-corrected chi connectivity index (χ4v) is 3.33. The summed E-state index contributed by atoms with van der Waals surface area (Å²) in [6.07, 6.45) is -4.48. The van der Waals surface area contributed by atoms with Crippen LogP contribution < -0.4 is 16.4 Å². The molecule has 4 aromatic rings. The molecule has 0 aliphatic rings. The number of nitrogen functional groups attached to an aromatic ring is 1. The highest BCUT2D eigenvalue weighted by molar-refractivity contribution is 6.03. The number of fused-ring (bicyclic) bond motifs is 1. The van der Waals surface area contributed by atoms with E-state index in [-0.39, 0.29) is 5.69 Å². The second kappa shape index (κ2) is 7.67. The number of carbonyl (C=O) groups is 1. The summed E-state index contributed by atoms with van der Waals surface area (Å²) in [5.74, 6) is 0.399. The van der Waals surface area contributed by atoms with E-state index in [9.17, 15) is 18.0 Å². The summed E-state index contributed by atoms with van der Waals surface area (Å²) in [6.45, 7) is 1.96. The van der Waals surface area contributed by atoms with Crippen molar-refractivity contribution >= 4 is 34.1 Å². The molecule has 158 valence electrons. The summed E-state index contributed by atoms with van der Waals surface area (Å²) in [7, 11) is 0. The number of aromatic amines is 1. The van der Waals surface area contributed by atoms with Crippen LogP contribution in [0.5, 0.6) is 0 Å². The first-order valence-electron chi connectivity index (χ1n) is 9.31. The van der Waals surface area contributed by atoms with E-state index in [2.05, 4.69) is 20.8 Å². The van der Waals surface area contributed by atoms with Gasteiger partial charge in [0, 0.05) is 11.4 Å². The van der Waals surface area contributed by atoms with Crippen molar-refractivity contribution in [1.82, 2.24) is 10.2 Å². The number of alkyl halides is 3. The highest BCUT2D eigenvalue weighted by Crippen LogP contribution is 2.34. The van der Waals surface area contributed by atoms with E-state index in [0.717, 1.165) is 39.7 Å². The van der Waals surface area contributed by atoms with Gasteiger partial charge in [-0.2, -0.15) is 18.3 Å². The molecule has 0 aliphatic carbocycles. The lowest BCUT2D eigenvalue weighted by Gasteiger charge is -2.11. The Hall–Kier alpha value is -4.01. The SMILES string of the molecule is Cc1ccc(-c2ccc(NC(=O)Nc3cccc(C(F)(F)F)c3)cc2)c2c(N)n[nH]c12. The lowest BCUT2D eigenvalue weighted by molar-refractivity contribution is -0.137. The van der Waals surface area contributed by atoms with E-state index in [1.807, 2.05) is 31.2 Å². The van der Waals surface area contributed by atoms with E-state index < -0.39 is 17.8 Å². The average Bonchev–Trinajstić information content (AvgIpc) is 3.11. The predicted octanol–water partition coefficient (Wildman–Crippen LogP) is 5.78. The number of rotatable bonds is 3. The molecule has 31 heavy (non-hydrogen) atoms. The number of carbonyl (C=O) groups excluding carboxylic acids is 1. The Balaban J connectivity index is 1.50. The summed E-state index contributed by atoms with van der Waals surface area (Å²) >= 11 is 0. The number of amides is 2. The van der Waals surface area contributed by atoms with Gasteiger partial charge in [0.2, 0.25) is 0 Å².